The van der Waals surface area contributed by atoms with Gasteiger partial charge in [-0.3, -0.25) is 4.79 Å². The molecule has 6 heteroatoms. The molecule has 1 amide bonds. The first-order chi connectivity index (χ1) is 12.7. The Labute approximate surface area is 154 Å². The van der Waals surface area contributed by atoms with Gasteiger partial charge in [-0.2, -0.15) is 0 Å². The van der Waals surface area contributed by atoms with Crippen molar-refractivity contribution in [1.29, 1.82) is 0 Å². The number of hydrogen-bond acceptors (Lipinski definition) is 5. The molecule has 1 aliphatic rings. The molecule has 142 valence electrons. The summed E-state index contributed by atoms with van der Waals surface area (Å²) in [6, 6.07) is 5.38. The molecule has 26 heavy (non-hydrogen) atoms. The molecule has 6 nitrogen and oxygen atoms in total. The zero-order valence-corrected chi connectivity index (χ0v) is 15.5. The molecule has 0 N–H and O–H groups in total. The Kier molecular flexibility index (Phi) is 7.99. The molecule has 1 aliphatic heterocycles. The number of rotatable bonds is 6. The summed E-state index contributed by atoms with van der Waals surface area (Å²) in [7, 11) is 3.09. The second-order valence-electron chi connectivity index (χ2n) is 6.17. The lowest BCUT2D eigenvalue weighted by molar-refractivity contribution is -0.148. The van der Waals surface area contributed by atoms with E-state index in [2.05, 4.69) is 0 Å². The first-order valence-electron chi connectivity index (χ1n) is 8.99. The van der Waals surface area contributed by atoms with Crippen molar-refractivity contribution >= 4 is 18.0 Å². The average Bonchev–Trinajstić information content (AvgIpc) is 2.63. The van der Waals surface area contributed by atoms with Crippen LogP contribution in [0, 0.1) is 0 Å². The Morgan fingerprint density at radius 1 is 1.04 bits per heavy atom. The molecule has 0 unspecified atom stereocenters. The van der Waals surface area contributed by atoms with Gasteiger partial charge in [-0.1, -0.05) is 31.4 Å². The van der Waals surface area contributed by atoms with Crippen molar-refractivity contribution in [1.82, 2.24) is 4.90 Å². The molecule has 0 bridgehead atoms. The lowest BCUT2D eigenvalue weighted by Crippen LogP contribution is -2.36. The number of ether oxygens (including phenoxy) is 3. The van der Waals surface area contributed by atoms with Crippen LogP contribution in [0.1, 0.15) is 37.7 Å². The van der Waals surface area contributed by atoms with Crippen LogP contribution in [0.2, 0.25) is 0 Å². The normalized spacial score (nSPS) is 15.2. The summed E-state index contributed by atoms with van der Waals surface area (Å²) in [6.07, 6.45) is 8.42. The summed E-state index contributed by atoms with van der Waals surface area (Å²) in [5.74, 6) is 0.425. The van der Waals surface area contributed by atoms with E-state index in [-0.39, 0.29) is 12.5 Å². The van der Waals surface area contributed by atoms with Crippen molar-refractivity contribution in [3.63, 3.8) is 0 Å². The molecule has 0 spiro atoms. The van der Waals surface area contributed by atoms with Gasteiger partial charge in [-0.05, 0) is 25.0 Å². The van der Waals surface area contributed by atoms with Gasteiger partial charge in [0.05, 0.1) is 14.2 Å². The number of esters is 1. The summed E-state index contributed by atoms with van der Waals surface area (Å²) in [5, 5.41) is 0. The molecular weight excluding hydrogens is 334 g/mol. The van der Waals surface area contributed by atoms with Crippen molar-refractivity contribution in [2.45, 2.75) is 32.1 Å². The largest absolute Gasteiger partial charge is 0.493 e. The summed E-state index contributed by atoms with van der Waals surface area (Å²) < 4.78 is 15.6. The smallest absolute Gasteiger partial charge is 0.331 e. The predicted molar refractivity (Wildman–Crippen MR) is 99.2 cm³/mol. The Morgan fingerprint density at radius 3 is 2.38 bits per heavy atom. The third-order valence-corrected chi connectivity index (χ3v) is 4.38. The highest BCUT2D eigenvalue weighted by atomic mass is 16.5. The fourth-order valence-corrected chi connectivity index (χ4v) is 2.97. The fraction of sp³-hybridized carbons (Fsp3) is 0.500. The highest BCUT2D eigenvalue weighted by Crippen LogP contribution is 2.31. The molecule has 1 saturated heterocycles. The van der Waals surface area contributed by atoms with E-state index in [1.54, 1.807) is 36.3 Å². The van der Waals surface area contributed by atoms with E-state index in [4.69, 9.17) is 14.2 Å². The van der Waals surface area contributed by atoms with Gasteiger partial charge in [-0.25, -0.2) is 4.79 Å². The second-order valence-corrected chi connectivity index (χ2v) is 6.17. The maximum atomic E-state index is 12.2. The van der Waals surface area contributed by atoms with Gasteiger partial charge in [0.2, 0.25) is 0 Å². The van der Waals surface area contributed by atoms with Gasteiger partial charge in [0, 0.05) is 24.7 Å². The van der Waals surface area contributed by atoms with Crippen LogP contribution in [-0.2, 0) is 14.3 Å². The number of methoxy groups -OCH3 is 2. The Morgan fingerprint density at radius 2 is 1.73 bits per heavy atom. The first kappa shape index (κ1) is 19.8. The third kappa shape index (κ3) is 5.79. The number of benzene rings is 1. The quantitative estimate of drug-likeness (QED) is 0.575. The molecule has 0 aromatic heterocycles. The number of nitrogens with zero attached hydrogens (tertiary/aromatic N) is 1. The van der Waals surface area contributed by atoms with Crippen molar-refractivity contribution in [3.8, 4) is 11.5 Å². The Balaban J connectivity index is 1.88. The lowest BCUT2D eigenvalue weighted by Gasteiger charge is -2.24. The number of para-hydroxylation sites is 1. The number of hydrogen-bond donors (Lipinski definition) is 0. The summed E-state index contributed by atoms with van der Waals surface area (Å²) in [4.78, 5) is 25.9. The standard InChI is InChI=1S/C20H27NO5/c1-24-17-10-8-9-16(20(17)25-2)11-12-19(23)26-15-18(22)21-13-6-4-3-5-7-14-21/h8-12H,3-7,13-15H2,1-2H3/b12-11+. The third-order valence-electron chi connectivity index (χ3n) is 4.38. The van der Waals surface area contributed by atoms with Crippen LogP contribution in [-0.4, -0.2) is 50.7 Å². The van der Waals surface area contributed by atoms with Gasteiger partial charge in [0.1, 0.15) is 0 Å². The van der Waals surface area contributed by atoms with E-state index in [1.807, 2.05) is 0 Å². The number of amides is 1. The number of likely N-dealkylation sites (tertiary alicyclic amines) is 1. The number of carbonyl (C=O) groups excluding carboxylic acids is 2. The first-order valence-corrected chi connectivity index (χ1v) is 8.99. The van der Waals surface area contributed by atoms with Gasteiger partial charge >= 0.3 is 5.97 Å². The predicted octanol–water partition coefficient (Wildman–Crippen LogP) is 3.05. The lowest BCUT2D eigenvalue weighted by atomic mass is 10.1. The molecule has 1 aromatic rings. The minimum atomic E-state index is -0.560. The zero-order valence-electron chi connectivity index (χ0n) is 15.5. The van der Waals surface area contributed by atoms with Crippen LogP contribution >= 0.6 is 0 Å². The van der Waals surface area contributed by atoms with E-state index in [0.29, 0.717) is 17.1 Å². The van der Waals surface area contributed by atoms with Crippen molar-refractivity contribution in [3.05, 3.63) is 29.8 Å². The highest BCUT2D eigenvalue weighted by molar-refractivity contribution is 5.89. The van der Waals surface area contributed by atoms with Gasteiger partial charge in [0.15, 0.2) is 18.1 Å². The monoisotopic (exact) mass is 361 g/mol. The highest BCUT2D eigenvalue weighted by Gasteiger charge is 2.16. The van der Waals surface area contributed by atoms with Crippen LogP contribution < -0.4 is 9.47 Å². The number of carbonyl (C=O) groups is 2. The molecule has 1 aromatic carbocycles. The minimum absolute atomic E-state index is 0.132. The zero-order chi connectivity index (χ0) is 18.8. The Bertz CT molecular complexity index is 633. The SMILES string of the molecule is COc1cccc(/C=C/C(=O)OCC(=O)N2CCCCCCC2)c1OC. The van der Waals surface area contributed by atoms with Crippen LogP contribution in [0.25, 0.3) is 6.08 Å². The van der Waals surface area contributed by atoms with Gasteiger partial charge in [0.25, 0.3) is 5.91 Å². The van der Waals surface area contributed by atoms with E-state index >= 15 is 0 Å². The molecule has 1 fully saturated rings. The van der Waals surface area contributed by atoms with Crippen molar-refractivity contribution in [2.75, 3.05) is 33.9 Å². The maximum absolute atomic E-state index is 12.2. The molecule has 0 aliphatic carbocycles. The van der Waals surface area contributed by atoms with E-state index < -0.39 is 5.97 Å². The maximum Gasteiger partial charge on any atom is 0.331 e. The van der Waals surface area contributed by atoms with E-state index in [9.17, 15) is 9.59 Å². The van der Waals surface area contributed by atoms with E-state index in [1.165, 1.54) is 19.6 Å². The molecule has 1 heterocycles. The van der Waals surface area contributed by atoms with Crippen LogP contribution in [0.15, 0.2) is 24.3 Å². The average molecular weight is 361 g/mol. The van der Waals surface area contributed by atoms with Gasteiger partial charge < -0.3 is 19.1 Å². The topological polar surface area (TPSA) is 65.1 Å². The second kappa shape index (κ2) is 10.5. The molecule has 0 saturated carbocycles. The van der Waals surface area contributed by atoms with Crippen molar-refractivity contribution in [2.24, 2.45) is 0 Å². The molecule has 2 rings (SSSR count). The summed E-state index contributed by atoms with van der Waals surface area (Å²) >= 11 is 0. The van der Waals surface area contributed by atoms with Crippen LogP contribution in [0.5, 0.6) is 11.5 Å². The van der Waals surface area contributed by atoms with Crippen LogP contribution in [0.4, 0.5) is 0 Å². The summed E-state index contributed by atoms with van der Waals surface area (Å²) in [5.41, 5.74) is 0.693. The molecule has 0 radical (unpaired) electrons. The van der Waals surface area contributed by atoms with Gasteiger partial charge in [-0.15, -0.1) is 0 Å². The van der Waals surface area contributed by atoms with Crippen molar-refractivity contribution < 1.29 is 23.8 Å². The molecular formula is C20H27NO5. The minimum Gasteiger partial charge on any atom is -0.493 e. The van der Waals surface area contributed by atoms with E-state index in [0.717, 1.165) is 38.8 Å². The summed E-state index contributed by atoms with van der Waals surface area (Å²) in [6.45, 7) is 1.26. The Hall–Kier alpha value is -2.50. The fourth-order valence-electron chi connectivity index (χ4n) is 2.97. The molecule has 0 atom stereocenters. The van der Waals surface area contributed by atoms with Crippen LogP contribution in [0.3, 0.4) is 0 Å².